The van der Waals surface area contributed by atoms with Crippen molar-refractivity contribution in [3.63, 3.8) is 0 Å². The number of ketones is 1. The highest BCUT2D eigenvalue weighted by molar-refractivity contribution is 6.14. The third-order valence-electron chi connectivity index (χ3n) is 6.80. The van der Waals surface area contributed by atoms with E-state index in [1.54, 1.807) is 42.7 Å². The molecule has 0 unspecified atom stereocenters. The standard InChI is InChI=1S/C30H38O7/c1-30(2,3)22-16-20(10-18-12-23(32-4)28(36-8)24(13-18)33-5)27(31)21(17-22)11-19-14-25(34-6)29(37-9)26(15-19)35-7/h10-15,22H,16-17H2,1-9H3. The van der Waals surface area contributed by atoms with Crippen molar-refractivity contribution >= 4 is 17.9 Å². The predicted octanol–water partition coefficient (Wildman–Crippen LogP) is 6.23. The molecule has 1 saturated carbocycles. The zero-order valence-electron chi connectivity index (χ0n) is 23.3. The van der Waals surface area contributed by atoms with Crippen LogP contribution in [0.3, 0.4) is 0 Å². The highest BCUT2D eigenvalue weighted by Gasteiger charge is 2.34. The van der Waals surface area contributed by atoms with Crippen molar-refractivity contribution in [2.24, 2.45) is 11.3 Å². The predicted molar refractivity (Wildman–Crippen MR) is 145 cm³/mol. The molecule has 0 radical (unpaired) electrons. The molecular formula is C30H38O7. The van der Waals surface area contributed by atoms with Crippen LogP contribution in [-0.2, 0) is 4.79 Å². The van der Waals surface area contributed by atoms with Crippen LogP contribution in [0.5, 0.6) is 34.5 Å². The van der Waals surface area contributed by atoms with Crippen LogP contribution in [-0.4, -0.2) is 48.4 Å². The lowest BCUT2D eigenvalue weighted by Gasteiger charge is -2.35. The molecule has 0 aliphatic heterocycles. The van der Waals surface area contributed by atoms with Gasteiger partial charge in [-0.15, -0.1) is 0 Å². The first-order valence-corrected chi connectivity index (χ1v) is 12.2. The van der Waals surface area contributed by atoms with Crippen molar-refractivity contribution in [3.05, 3.63) is 46.5 Å². The van der Waals surface area contributed by atoms with Gasteiger partial charge in [-0.3, -0.25) is 4.79 Å². The van der Waals surface area contributed by atoms with E-state index in [2.05, 4.69) is 20.8 Å². The van der Waals surface area contributed by atoms with Gasteiger partial charge >= 0.3 is 0 Å². The Hall–Kier alpha value is -3.61. The molecule has 0 atom stereocenters. The van der Waals surface area contributed by atoms with Crippen LogP contribution in [0, 0.1) is 11.3 Å². The van der Waals surface area contributed by atoms with Gasteiger partial charge in [0.15, 0.2) is 28.8 Å². The zero-order chi connectivity index (χ0) is 27.3. The van der Waals surface area contributed by atoms with E-state index in [1.165, 1.54) is 0 Å². The van der Waals surface area contributed by atoms with Crippen LogP contribution in [0.4, 0.5) is 0 Å². The summed E-state index contributed by atoms with van der Waals surface area (Å²) in [4.78, 5) is 13.8. The van der Waals surface area contributed by atoms with Crippen molar-refractivity contribution in [2.45, 2.75) is 33.6 Å². The maximum atomic E-state index is 13.8. The van der Waals surface area contributed by atoms with E-state index in [1.807, 2.05) is 36.4 Å². The maximum Gasteiger partial charge on any atom is 0.203 e. The first kappa shape index (κ1) is 28.0. The van der Waals surface area contributed by atoms with Crippen molar-refractivity contribution in [1.82, 2.24) is 0 Å². The van der Waals surface area contributed by atoms with Gasteiger partial charge in [-0.05, 0) is 71.7 Å². The molecule has 0 saturated heterocycles. The summed E-state index contributed by atoms with van der Waals surface area (Å²) in [6.07, 6.45) is 5.19. The summed E-state index contributed by atoms with van der Waals surface area (Å²) in [5.74, 6) is 3.47. The van der Waals surface area contributed by atoms with Crippen LogP contribution < -0.4 is 28.4 Å². The Balaban J connectivity index is 2.13. The second-order valence-electron chi connectivity index (χ2n) is 10.1. The molecule has 7 nitrogen and oxygen atoms in total. The van der Waals surface area contributed by atoms with Gasteiger partial charge in [-0.2, -0.15) is 0 Å². The number of carbonyl (C=O) groups is 1. The molecule has 1 aliphatic carbocycles. The lowest BCUT2D eigenvalue weighted by atomic mass is 9.68. The summed E-state index contributed by atoms with van der Waals surface area (Å²) in [5, 5.41) is 0. The lowest BCUT2D eigenvalue weighted by Crippen LogP contribution is -2.29. The number of ether oxygens (including phenoxy) is 6. The number of carbonyl (C=O) groups excluding carboxylic acids is 1. The van der Waals surface area contributed by atoms with Gasteiger partial charge < -0.3 is 28.4 Å². The number of allylic oxidation sites excluding steroid dienone is 2. The highest BCUT2D eigenvalue weighted by Crippen LogP contribution is 2.44. The summed E-state index contributed by atoms with van der Waals surface area (Å²) in [5.41, 5.74) is 3.08. The van der Waals surface area contributed by atoms with E-state index in [0.29, 0.717) is 47.3 Å². The van der Waals surface area contributed by atoms with Gasteiger partial charge in [0.2, 0.25) is 11.5 Å². The van der Waals surface area contributed by atoms with Crippen LogP contribution >= 0.6 is 0 Å². The van der Waals surface area contributed by atoms with Gasteiger partial charge in [0.25, 0.3) is 0 Å². The van der Waals surface area contributed by atoms with Crippen molar-refractivity contribution in [1.29, 1.82) is 0 Å². The topological polar surface area (TPSA) is 72.5 Å². The highest BCUT2D eigenvalue weighted by atomic mass is 16.5. The molecule has 3 rings (SSSR count). The minimum atomic E-state index is 0.00343. The number of benzene rings is 2. The molecule has 1 fully saturated rings. The lowest BCUT2D eigenvalue weighted by molar-refractivity contribution is -0.113. The number of hydrogen-bond donors (Lipinski definition) is 0. The number of rotatable bonds is 8. The largest absolute Gasteiger partial charge is 0.493 e. The number of Topliss-reactive ketones (excluding diaryl/α,β-unsaturated/α-hetero) is 1. The minimum absolute atomic E-state index is 0.00343. The molecule has 2 aromatic rings. The Morgan fingerprint density at radius 3 is 1.19 bits per heavy atom. The van der Waals surface area contributed by atoms with E-state index in [4.69, 9.17) is 28.4 Å². The molecule has 200 valence electrons. The maximum absolute atomic E-state index is 13.8. The van der Waals surface area contributed by atoms with Gasteiger partial charge in [0, 0.05) is 11.1 Å². The fourth-order valence-electron chi connectivity index (χ4n) is 4.63. The second kappa shape index (κ2) is 11.6. The van der Waals surface area contributed by atoms with Gasteiger partial charge in [-0.1, -0.05) is 20.8 Å². The average molecular weight is 511 g/mol. The normalized spacial score (nSPS) is 18.1. The summed E-state index contributed by atoms with van der Waals surface area (Å²) in [7, 11) is 9.44. The van der Waals surface area contributed by atoms with Crippen LogP contribution in [0.25, 0.3) is 12.2 Å². The van der Waals surface area contributed by atoms with E-state index in [9.17, 15) is 4.79 Å². The van der Waals surface area contributed by atoms with E-state index in [0.717, 1.165) is 22.3 Å². The Morgan fingerprint density at radius 2 is 0.946 bits per heavy atom. The molecule has 0 amide bonds. The second-order valence-corrected chi connectivity index (χ2v) is 10.1. The molecule has 1 aliphatic rings. The Labute approximate surface area is 220 Å². The summed E-state index contributed by atoms with van der Waals surface area (Å²) in [6, 6.07) is 7.41. The van der Waals surface area contributed by atoms with Crippen molar-refractivity contribution in [2.75, 3.05) is 42.7 Å². The minimum Gasteiger partial charge on any atom is -0.493 e. The molecule has 0 heterocycles. The number of methoxy groups -OCH3 is 6. The van der Waals surface area contributed by atoms with Gasteiger partial charge in [0.1, 0.15) is 0 Å². The van der Waals surface area contributed by atoms with Gasteiger partial charge in [-0.25, -0.2) is 0 Å². The molecule has 0 aromatic heterocycles. The van der Waals surface area contributed by atoms with Crippen molar-refractivity contribution < 1.29 is 33.2 Å². The fourth-order valence-corrected chi connectivity index (χ4v) is 4.63. The first-order chi connectivity index (χ1) is 17.6. The summed E-state index contributed by atoms with van der Waals surface area (Å²) < 4.78 is 32.9. The molecule has 37 heavy (non-hydrogen) atoms. The van der Waals surface area contributed by atoms with Crippen LogP contribution in [0.2, 0.25) is 0 Å². The Morgan fingerprint density at radius 1 is 0.622 bits per heavy atom. The molecule has 2 aromatic carbocycles. The first-order valence-electron chi connectivity index (χ1n) is 12.2. The van der Waals surface area contributed by atoms with Crippen LogP contribution in [0.1, 0.15) is 44.7 Å². The van der Waals surface area contributed by atoms with Gasteiger partial charge in [0.05, 0.1) is 42.7 Å². The van der Waals surface area contributed by atoms with Crippen molar-refractivity contribution in [3.8, 4) is 34.5 Å². The summed E-state index contributed by atoms with van der Waals surface area (Å²) >= 11 is 0. The smallest absolute Gasteiger partial charge is 0.203 e. The van der Waals surface area contributed by atoms with Crippen LogP contribution in [0.15, 0.2) is 35.4 Å². The molecular weight excluding hydrogens is 472 g/mol. The zero-order valence-corrected chi connectivity index (χ0v) is 23.3. The van der Waals surface area contributed by atoms with E-state index >= 15 is 0 Å². The Bertz CT molecular complexity index is 1070. The third kappa shape index (κ3) is 6.04. The number of hydrogen-bond acceptors (Lipinski definition) is 7. The molecule has 7 heteroatoms. The van der Waals surface area contributed by atoms with E-state index < -0.39 is 0 Å². The molecule has 0 N–H and O–H groups in total. The fraction of sp³-hybridized carbons (Fsp3) is 0.433. The monoisotopic (exact) mass is 510 g/mol. The Kier molecular flexibility index (Phi) is 8.79. The third-order valence-corrected chi connectivity index (χ3v) is 6.80. The quantitative estimate of drug-likeness (QED) is 0.390. The molecule has 0 spiro atoms. The van der Waals surface area contributed by atoms with E-state index in [-0.39, 0.29) is 17.1 Å². The summed E-state index contributed by atoms with van der Waals surface area (Å²) in [6.45, 7) is 6.63. The molecule has 0 bridgehead atoms. The average Bonchev–Trinajstić information content (AvgIpc) is 2.88. The SMILES string of the molecule is COc1cc(C=C2CC(C(C)(C)C)CC(=Cc3cc(OC)c(OC)c(OC)c3)C2=O)cc(OC)c1OC.